The molecule has 21 heavy (non-hydrogen) atoms. The molecule has 1 aliphatic carbocycles. The molecule has 0 bridgehead atoms. The second-order valence-corrected chi connectivity index (χ2v) is 12.4. The van der Waals surface area contributed by atoms with Gasteiger partial charge in [0.25, 0.3) is 0 Å². The lowest BCUT2D eigenvalue weighted by Gasteiger charge is -2.39. The smallest absolute Gasteiger partial charge is 0.184 e. The Hall–Kier alpha value is -1.03. The molecule has 0 aliphatic heterocycles. The summed E-state index contributed by atoms with van der Waals surface area (Å²) in [5, 5.41) is 0. The minimum Gasteiger partial charge on any atom is -0.413 e. The summed E-state index contributed by atoms with van der Waals surface area (Å²) < 4.78 is 6.33. The molecular formula is C18H28O2Si. The number of rotatable bonds is 6. The van der Waals surface area contributed by atoms with Crippen molar-refractivity contribution >= 4 is 14.1 Å². The summed E-state index contributed by atoms with van der Waals surface area (Å²) in [6, 6.07) is 0. The summed E-state index contributed by atoms with van der Waals surface area (Å²) in [5.41, 5.74) is -0.496. The predicted octanol–water partition coefficient (Wildman–Crippen LogP) is 4.02. The van der Waals surface area contributed by atoms with Crippen molar-refractivity contribution in [3.05, 3.63) is 0 Å². The highest BCUT2D eigenvalue weighted by molar-refractivity contribution is 6.69. The summed E-state index contributed by atoms with van der Waals surface area (Å²) in [6.45, 7) is 10.7. The minimum absolute atomic E-state index is 0.00132. The molecule has 0 aromatic rings. The molecule has 1 saturated carbocycles. The fourth-order valence-corrected chi connectivity index (χ4v) is 4.65. The molecule has 1 rings (SSSR count). The van der Waals surface area contributed by atoms with Crippen LogP contribution < -0.4 is 0 Å². The van der Waals surface area contributed by atoms with E-state index in [0.29, 0.717) is 25.7 Å². The van der Waals surface area contributed by atoms with Crippen LogP contribution in [0, 0.1) is 35.5 Å². The molecule has 1 aliphatic rings. The van der Waals surface area contributed by atoms with Gasteiger partial charge in [0.15, 0.2) is 8.32 Å². The fraction of sp³-hybridized carbons (Fsp3) is 0.722. The Morgan fingerprint density at radius 2 is 1.90 bits per heavy atom. The Morgan fingerprint density at radius 1 is 1.29 bits per heavy atom. The highest BCUT2D eigenvalue weighted by atomic mass is 28.4. The Bertz CT molecular complexity index is 473. The Morgan fingerprint density at radius 3 is 2.29 bits per heavy atom. The normalized spacial score (nSPS) is 26.1. The molecule has 0 heterocycles. The van der Waals surface area contributed by atoms with Crippen LogP contribution in [0.25, 0.3) is 0 Å². The van der Waals surface area contributed by atoms with Gasteiger partial charge < -0.3 is 4.43 Å². The third-order valence-electron chi connectivity index (χ3n) is 4.12. The highest BCUT2D eigenvalue weighted by Gasteiger charge is 2.54. The van der Waals surface area contributed by atoms with E-state index in [2.05, 4.69) is 45.3 Å². The van der Waals surface area contributed by atoms with Crippen LogP contribution in [0.15, 0.2) is 0 Å². The monoisotopic (exact) mass is 304 g/mol. The van der Waals surface area contributed by atoms with E-state index in [1.54, 1.807) is 0 Å². The molecule has 3 heteroatoms. The lowest BCUT2D eigenvalue weighted by atomic mass is 9.72. The second-order valence-electron chi connectivity index (χ2n) is 7.93. The van der Waals surface area contributed by atoms with E-state index >= 15 is 0 Å². The molecule has 1 fully saturated rings. The van der Waals surface area contributed by atoms with Crippen LogP contribution in [0.2, 0.25) is 19.6 Å². The molecule has 0 aromatic heterocycles. The van der Waals surface area contributed by atoms with Crippen molar-refractivity contribution in [3.8, 4) is 24.7 Å². The van der Waals surface area contributed by atoms with Crippen molar-refractivity contribution < 1.29 is 9.22 Å². The largest absolute Gasteiger partial charge is 0.413 e. The van der Waals surface area contributed by atoms with Crippen molar-refractivity contribution in [3.63, 3.8) is 0 Å². The van der Waals surface area contributed by atoms with E-state index < -0.39 is 13.7 Å². The minimum atomic E-state index is -1.79. The molecule has 0 amide bonds. The first-order valence-corrected chi connectivity index (χ1v) is 11.1. The van der Waals surface area contributed by atoms with E-state index in [-0.39, 0.29) is 17.3 Å². The van der Waals surface area contributed by atoms with Crippen LogP contribution in [-0.4, -0.2) is 20.2 Å². The lowest BCUT2D eigenvalue weighted by molar-refractivity contribution is -0.131. The van der Waals surface area contributed by atoms with Gasteiger partial charge in [0.1, 0.15) is 5.78 Å². The maximum absolute atomic E-state index is 12.8. The van der Waals surface area contributed by atoms with Crippen molar-refractivity contribution in [1.29, 1.82) is 0 Å². The SMILES string of the molecule is C#CCCC1(C(CC#C)O[Si](C)(C)C)CC(C)(C)CC1=O. The van der Waals surface area contributed by atoms with Gasteiger partial charge in [-0.2, -0.15) is 0 Å². The highest BCUT2D eigenvalue weighted by Crippen LogP contribution is 2.52. The lowest BCUT2D eigenvalue weighted by Crippen LogP contribution is -2.46. The van der Waals surface area contributed by atoms with E-state index in [4.69, 9.17) is 17.3 Å². The number of Topliss-reactive ketones (excluding diaryl/α,β-unsaturated/α-hetero) is 1. The van der Waals surface area contributed by atoms with Crippen LogP contribution in [0.3, 0.4) is 0 Å². The van der Waals surface area contributed by atoms with Crippen LogP contribution in [-0.2, 0) is 9.22 Å². The van der Waals surface area contributed by atoms with Gasteiger partial charge in [-0.15, -0.1) is 24.7 Å². The molecule has 0 radical (unpaired) electrons. The van der Waals surface area contributed by atoms with Gasteiger partial charge in [-0.05, 0) is 37.9 Å². The van der Waals surface area contributed by atoms with Gasteiger partial charge in [-0.25, -0.2) is 0 Å². The van der Waals surface area contributed by atoms with E-state index in [1.807, 2.05) is 0 Å². The number of carbonyl (C=O) groups excluding carboxylic acids is 1. The first-order chi connectivity index (χ1) is 9.56. The summed E-state index contributed by atoms with van der Waals surface area (Å²) in [4.78, 5) is 12.8. The van der Waals surface area contributed by atoms with Gasteiger partial charge in [-0.1, -0.05) is 13.8 Å². The maximum Gasteiger partial charge on any atom is 0.184 e. The quantitative estimate of drug-likeness (QED) is 0.547. The summed E-state index contributed by atoms with van der Waals surface area (Å²) in [7, 11) is -1.79. The molecule has 2 unspecified atom stereocenters. The van der Waals surface area contributed by atoms with Crippen molar-refractivity contribution in [1.82, 2.24) is 0 Å². The van der Waals surface area contributed by atoms with Crippen LogP contribution in [0.5, 0.6) is 0 Å². The number of carbonyl (C=O) groups is 1. The van der Waals surface area contributed by atoms with Gasteiger partial charge in [0, 0.05) is 19.3 Å². The molecule has 0 saturated heterocycles. The third kappa shape index (κ3) is 4.47. The van der Waals surface area contributed by atoms with Crippen molar-refractivity contribution in [2.45, 2.75) is 71.7 Å². The van der Waals surface area contributed by atoms with Crippen molar-refractivity contribution in [2.75, 3.05) is 0 Å². The Balaban J connectivity index is 3.18. The summed E-state index contributed by atoms with van der Waals surface area (Å²) >= 11 is 0. The molecule has 0 spiro atoms. The van der Waals surface area contributed by atoms with E-state index in [0.717, 1.165) is 6.42 Å². The second kappa shape index (κ2) is 6.38. The summed E-state index contributed by atoms with van der Waals surface area (Å²) in [6.07, 6.45) is 14.0. The van der Waals surface area contributed by atoms with E-state index in [1.165, 1.54) is 0 Å². The zero-order chi connectivity index (χ0) is 16.3. The number of hydrogen-bond donors (Lipinski definition) is 0. The van der Waals surface area contributed by atoms with Crippen LogP contribution >= 0.6 is 0 Å². The first kappa shape index (κ1) is 18.0. The van der Waals surface area contributed by atoms with Gasteiger partial charge in [0.05, 0.1) is 11.5 Å². The zero-order valence-corrected chi connectivity index (χ0v) is 15.1. The Kier molecular flexibility index (Phi) is 5.48. The zero-order valence-electron chi connectivity index (χ0n) is 14.1. The van der Waals surface area contributed by atoms with Crippen molar-refractivity contribution in [2.24, 2.45) is 10.8 Å². The van der Waals surface area contributed by atoms with Crippen LogP contribution in [0.4, 0.5) is 0 Å². The summed E-state index contributed by atoms with van der Waals surface area (Å²) in [5.74, 6) is 5.67. The molecule has 0 N–H and O–H groups in total. The molecule has 116 valence electrons. The molecular weight excluding hydrogens is 276 g/mol. The number of hydrogen-bond acceptors (Lipinski definition) is 2. The van der Waals surface area contributed by atoms with Crippen LogP contribution in [0.1, 0.15) is 46.0 Å². The maximum atomic E-state index is 12.8. The third-order valence-corrected chi connectivity index (χ3v) is 5.11. The molecule has 0 aromatic carbocycles. The predicted molar refractivity (Wildman–Crippen MR) is 90.2 cm³/mol. The molecule has 2 atom stereocenters. The standard InChI is InChI=1S/C18H28O2Si/c1-8-10-12-18(14-17(3,4)13-15(18)19)16(11-9-2)20-21(5,6)7/h1-2,16H,10-14H2,3-7H3. The number of terminal acetylenes is 2. The fourth-order valence-electron chi connectivity index (χ4n) is 3.49. The first-order valence-electron chi connectivity index (χ1n) is 7.64. The van der Waals surface area contributed by atoms with E-state index in [9.17, 15) is 4.79 Å². The average Bonchev–Trinajstić information content (AvgIpc) is 2.55. The van der Waals surface area contributed by atoms with Gasteiger partial charge in [0.2, 0.25) is 0 Å². The Labute approximate surface area is 131 Å². The number of ketones is 1. The van der Waals surface area contributed by atoms with Gasteiger partial charge in [-0.3, -0.25) is 4.79 Å². The molecule has 2 nitrogen and oxygen atoms in total. The topological polar surface area (TPSA) is 26.3 Å². The van der Waals surface area contributed by atoms with Gasteiger partial charge >= 0.3 is 0 Å². The average molecular weight is 305 g/mol.